The zero-order chi connectivity index (χ0) is 15.2. The highest BCUT2D eigenvalue weighted by molar-refractivity contribution is 7.99. The number of nitrogens with zero attached hydrogens (tertiary/aromatic N) is 1. The fourth-order valence-electron chi connectivity index (χ4n) is 1.83. The number of thioether (sulfide) groups is 1. The molecule has 0 radical (unpaired) electrons. The predicted molar refractivity (Wildman–Crippen MR) is 81.0 cm³/mol. The molecule has 0 aromatic heterocycles. The summed E-state index contributed by atoms with van der Waals surface area (Å²) in [7, 11) is 0. The van der Waals surface area contributed by atoms with E-state index < -0.39 is 5.97 Å². The van der Waals surface area contributed by atoms with Crippen molar-refractivity contribution in [1.29, 1.82) is 5.26 Å². The molecule has 0 heterocycles. The minimum Gasteiger partial charge on any atom is -0.478 e. The standard InChI is InChI=1S/C16H13NO3S/c1-2-21-15-9-5-8-14(12(15)10-17)20-13-7-4-3-6-11(13)16(18)19/h3-9H,2H2,1H3,(H,18,19). The number of carboxylic acids is 1. The lowest BCUT2D eigenvalue weighted by Gasteiger charge is -2.11. The van der Waals surface area contributed by atoms with Gasteiger partial charge in [-0.15, -0.1) is 11.8 Å². The van der Waals surface area contributed by atoms with Crippen molar-refractivity contribution in [2.45, 2.75) is 11.8 Å². The molecule has 5 heteroatoms. The molecule has 0 fully saturated rings. The average Bonchev–Trinajstić information content (AvgIpc) is 2.48. The molecular formula is C16H13NO3S. The largest absolute Gasteiger partial charge is 0.478 e. The van der Waals surface area contributed by atoms with Gasteiger partial charge in [0.05, 0.1) is 0 Å². The first-order chi connectivity index (χ1) is 10.2. The summed E-state index contributed by atoms with van der Waals surface area (Å²) in [5.74, 6) is 0.358. The van der Waals surface area contributed by atoms with Crippen LogP contribution in [0.15, 0.2) is 47.4 Å². The zero-order valence-electron chi connectivity index (χ0n) is 11.4. The summed E-state index contributed by atoms with van der Waals surface area (Å²) in [6, 6.07) is 13.8. The van der Waals surface area contributed by atoms with E-state index >= 15 is 0 Å². The van der Waals surface area contributed by atoms with Gasteiger partial charge in [0.1, 0.15) is 28.7 Å². The van der Waals surface area contributed by atoms with Crippen molar-refractivity contribution in [2.24, 2.45) is 0 Å². The summed E-state index contributed by atoms with van der Waals surface area (Å²) in [5, 5.41) is 18.5. The van der Waals surface area contributed by atoms with Crippen LogP contribution < -0.4 is 4.74 Å². The molecule has 106 valence electrons. The Hall–Kier alpha value is -2.45. The molecule has 0 saturated carbocycles. The maximum atomic E-state index is 11.2. The van der Waals surface area contributed by atoms with Crippen LogP contribution in [0.3, 0.4) is 0 Å². The van der Waals surface area contributed by atoms with Crippen LogP contribution in [0.5, 0.6) is 11.5 Å². The molecule has 0 unspecified atom stereocenters. The highest BCUT2D eigenvalue weighted by atomic mass is 32.2. The van der Waals surface area contributed by atoms with Crippen LogP contribution >= 0.6 is 11.8 Å². The maximum absolute atomic E-state index is 11.2. The van der Waals surface area contributed by atoms with Crippen LogP contribution in [-0.2, 0) is 0 Å². The topological polar surface area (TPSA) is 70.3 Å². The second-order valence-corrected chi connectivity index (χ2v) is 5.38. The maximum Gasteiger partial charge on any atom is 0.339 e. The van der Waals surface area contributed by atoms with E-state index in [0.29, 0.717) is 11.3 Å². The summed E-state index contributed by atoms with van der Waals surface area (Å²) in [4.78, 5) is 12.0. The van der Waals surface area contributed by atoms with Gasteiger partial charge < -0.3 is 9.84 Å². The van der Waals surface area contributed by atoms with E-state index in [9.17, 15) is 10.1 Å². The highest BCUT2D eigenvalue weighted by Crippen LogP contribution is 2.33. The summed E-state index contributed by atoms with van der Waals surface area (Å²) < 4.78 is 5.66. The molecule has 4 nitrogen and oxygen atoms in total. The van der Waals surface area contributed by atoms with Gasteiger partial charge in [-0.1, -0.05) is 25.1 Å². The smallest absolute Gasteiger partial charge is 0.339 e. The SMILES string of the molecule is CCSc1cccc(Oc2ccccc2C(=O)O)c1C#N. The first kappa shape index (κ1) is 14.9. The van der Waals surface area contributed by atoms with Crippen molar-refractivity contribution in [3.63, 3.8) is 0 Å². The van der Waals surface area contributed by atoms with Crippen molar-refractivity contribution < 1.29 is 14.6 Å². The Labute approximate surface area is 127 Å². The second kappa shape index (κ2) is 6.82. The minimum absolute atomic E-state index is 0.0648. The van der Waals surface area contributed by atoms with Crippen LogP contribution in [-0.4, -0.2) is 16.8 Å². The Bertz CT molecular complexity index is 707. The van der Waals surface area contributed by atoms with Crippen LogP contribution in [0.25, 0.3) is 0 Å². The van der Waals surface area contributed by atoms with E-state index in [2.05, 4.69) is 6.07 Å². The predicted octanol–water partition coefficient (Wildman–Crippen LogP) is 4.16. The first-order valence-electron chi connectivity index (χ1n) is 6.33. The van der Waals surface area contributed by atoms with Gasteiger partial charge in [0.25, 0.3) is 0 Å². The van der Waals surface area contributed by atoms with Crippen molar-refractivity contribution in [1.82, 2.24) is 0 Å². The fourth-order valence-corrected chi connectivity index (χ4v) is 2.61. The van der Waals surface area contributed by atoms with Crippen LogP contribution in [0.4, 0.5) is 0 Å². The van der Waals surface area contributed by atoms with Gasteiger partial charge in [0.15, 0.2) is 0 Å². The third-order valence-electron chi connectivity index (χ3n) is 2.74. The molecule has 0 aliphatic carbocycles. The number of carbonyl (C=O) groups is 1. The Morgan fingerprint density at radius 2 is 1.95 bits per heavy atom. The first-order valence-corrected chi connectivity index (χ1v) is 7.32. The molecule has 2 rings (SSSR count). The van der Waals surface area contributed by atoms with Gasteiger partial charge >= 0.3 is 5.97 Å². The number of para-hydroxylation sites is 1. The lowest BCUT2D eigenvalue weighted by molar-refractivity contribution is 0.0694. The quantitative estimate of drug-likeness (QED) is 0.839. The molecule has 0 saturated heterocycles. The minimum atomic E-state index is -1.07. The van der Waals surface area contributed by atoms with Crippen molar-refractivity contribution in [3.8, 4) is 17.6 Å². The second-order valence-electron chi connectivity index (χ2n) is 4.08. The van der Waals surface area contributed by atoms with Crippen LogP contribution in [0.1, 0.15) is 22.8 Å². The molecule has 1 N–H and O–H groups in total. The third-order valence-corrected chi connectivity index (χ3v) is 3.68. The van der Waals surface area contributed by atoms with Gasteiger partial charge in [-0.3, -0.25) is 0 Å². The lowest BCUT2D eigenvalue weighted by atomic mass is 10.2. The van der Waals surface area contributed by atoms with Gasteiger partial charge in [-0.05, 0) is 30.0 Å². The van der Waals surface area contributed by atoms with E-state index in [4.69, 9.17) is 9.84 Å². The number of nitriles is 1. The number of hydrogen-bond acceptors (Lipinski definition) is 4. The number of hydrogen-bond donors (Lipinski definition) is 1. The molecule has 0 aliphatic rings. The van der Waals surface area contributed by atoms with Gasteiger partial charge in [0, 0.05) is 4.90 Å². The Morgan fingerprint density at radius 1 is 1.24 bits per heavy atom. The monoisotopic (exact) mass is 299 g/mol. The number of aromatic carboxylic acids is 1. The molecule has 2 aromatic rings. The van der Waals surface area contributed by atoms with Gasteiger partial charge in [-0.2, -0.15) is 5.26 Å². The molecule has 0 spiro atoms. The molecule has 0 amide bonds. The van der Waals surface area contributed by atoms with E-state index in [1.54, 1.807) is 42.1 Å². The molecule has 2 aromatic carbocycles. The molecule has 0 atom stereocenters. The highest BCUT2D eigenvalue weighted by Gasteiger charge is 2.14. The summed E-state index contributed by atoms with van der Waals surface area (Å²) >= 11 is 1.54. The normalized spacial score (nSPS) is 9.90. The summed E-state index contributed by atoms with van der Waals surface area (Å²) in [6.45, 7) is 2.00. The third kappa shape index (κ3) is 3.36. The van der Waals surface area contributed by atoms with Crippen LogP contribution in [0, 0.1) is 11.3 Å². The van der Waals surface area contributed by atoms with E-state index in [1.165, 1.54) is 6.07 Å². The van der Waals surface area contributed by atoms with E-state index in [-0.39, 0.29) is 11.3 Å². The van der Waals surface area contributed by atoms with Gasteiger partial charge in [-0.25, -0.2) is 4.79 Å². The van der Waals surface area contributed by atoms with Gasteiger partial charge in [0.2, 0.25) is 0 Å². The number of ether oxygens (including phenoxy) is 1. The Balaban J connectivity index is 2.43. The fraction of sp³-hybridized carbons (Fsp3) is 0.125. The van der Waals surface area contributed by atoms with Crippen molar-refractivity contribution in [3.05, 3.63) is 53.6 Å². The Morgan fingerprint density at radius 3 is 2.62 bits per heavy atom. The molecule has 21 heavy (non-hydrogen) atoms. The lowest BCUT2D eigenvalue weighted by Crippen LogP contribution is -2.00. The molecule has 0 aliphatic heterocycles. The van der Waals surface area contributed by atoms with Crippen LogP contribution in [0.2, 0.25) is 0 Å². The van der Waals surface area contributed by atoms with E-state index in [0.717, 1.165) is 10.6 Å². The zero-order valence-corrected chi connectivity index (χ0v) is 12.2. The van der Waals surface area contributed by atoms with Crippen molar-refractivity contribution >= 4 is 17.7 Å². The average molecular weight is 299 g/mol. The molecule has 0 bridgehead atoms. The summed E-state index contributed by atoms with van der Waals surface area (Å²) in [6.07, 6.45) is 0. The van der Waals surface area contributed by atoms with E-state index in [1.807, 2.05) is 13.0 Å². The molecular weight excluding hydrogens is 286 g/mol. The number of benzene rings is 2. The number of rotatable bonds is 5. The number of carboxylic acid groups (broad SMARTS) is 1. The Kier molecular flexibility index (Phi) is 4.85. The van der Waals surface area contributed by atoms with Crippen molar-refractivity contribution in [2.75, 3.05) is 5.75 Å². The summed E-state index contributed by atoms with van der Waals surface area (Å²) in [5.41, 5.74) is 0.486.